The monoisotopic (exact) mass is 229 g/mol. The second-order valence-electron chi connectivity index (χ2n) is 3.74. The molecular weight excluding hydrogens is 218 g/mol. The molecular formula is C12H11N3S. The fourth-order valence-electron chi connectivity index (χ4n) is 1.93. The van der Waals surface area contributed by atoms with Gasteiger partial charge in [0.15, 0.2) is 0 Å². The van der Waals surface area contributed by atoms with Gasteiger partial charge in [-0.25, -0.2) is 0 Å². The smallest absolute Gasteiger partial charge is 0.208 e. The van der Waals surface area contributed by atoms with Crippen molar-refractivity contribution in [2.24, 2.45) is 18.0 Å². The van der Waals surface area contributed by atoms with Crippen molar-refractivity contribution in [3.8, 4) is 0 Å². The maximum atomic E-state index is 5.35. The van der Waals surface area contributed by atoms with Crippen LogP contribution in [0.3, 0.4) is 0 Å². The molecule has 1 aromatic heterocycles. The normalized spacial score (nSPS) is 12.7. The van der Waals surface area contributed by atoms with Crippen molar-refractivity contribution < 1.29 is 0 Å². The minimum atomic E-state index is 0.838. The van der Waals surface area contributed by atoms with Crippen molar-refractivity contribution >= 4 is 32.3 Å². The average molecular weight is 229 g/mol. The summed E-state index contributed by atoms with van der Waals surface area (Å²) >= 11 is 1.61. The van der Waals surface area contributed by atoms with E-state index in [1.165, 1.54) is 21.0 Å². The van der Waals surface area contributed by atoms with Crippen LogP contribution in [0.15, 0.2) is 41.5 Å². The van der Waals surface area contributed by atoms with Crippen molar-refractivity contribution in [2.75, 3.05) is 0 Å². The number of hydrogen-bond donors (Lipinski definition) is 1. The van der Waals surface area contributed by atoms with Gasteiger partial charge in [0.2, 0.25) is 4.80 Å². The molecule has 1 heterocycles. The topological polar surface area (TPSA) is 43.3 Å². The highest BCUT2D eigenvalue weighted by atomic mass is 32.1. The molecule has 0 fully saturated rings. The molecule has 0 saturated carbocycles. The van der Waals surface area contributed by atoms with E-state index in [9.17, 15) is 0 Å². The van der Waals surface area contributed by atoms with E-state index in [0.29, 0.717) is 0 Å². The first-order chi connectivity index (χ1) is 7.79. The Balaban J connectivity index is 2.54. The lowest BCUT2D eigenvalue weighted by atomic mass is 10.1. The lowest BCUT2D eigenvalue weighted by molar-refractivity contribution is 0.888. The zero-order valence-corrected chi connectivity index (χ0v) is 9.66. The zero-order valence-electron chi connectivity index (χ0n) is 8.84. The molecule has 80 valence electrons. The van der Waals surface area contributed by atoms with Crippen molar-refractivity contribution in [3.63, 3.8) is 0 Å². The summed E-state index contributed by atoms with van der Waals surface area (Å²) in [6.45, 7) is 0. The second-order valence-corrected chi connectivity index (χ2v) is 4.75. The Labute approximate surface area is 96.4 Å². The molecule has 0 radical (unpaired) electrons. The van der Waals surface area contributed by atoms with E-state index in [-0.39, 0.29) is 0 Å². The Bertz CT molecular complexity index is 737. The average Bonchev–Trinajstić information content (AvgIpc) is 2.63. The maximum Gasteiger partial charge on any atom is 0.208 e. The van der Waals surface area contributed by atoms with Crippen LogP contribution in [-0.4, -0.2) is 4.57 Å². The van der Waals surface area contributed by atoms with Gasteiger partial charge in [-0.2, -0.15) is 5.10 Å². The molecule has 0 aliphatic rings. The quantitative estimate of drug-likeness (QED) is 0.466. The molecule has 0 unspecified atom stereocenters. The molecule has 3 aromatic rings. The van der Waals surface area contributed by atoms with E-state index >= 15 is 0 Å². The summed E-state index contributed by atoms with van der Waals surface area (Å²) in [6.07, 6.45) is 0. The van der Waals surface area contributed by atoms with E-state index < -0.39 is 0 Å². The van der Waals surface area contributed by atoms with Gasteiger partial charge in [0.1, 0.15) is 0 Å². The van der Waals surface area contributed by atoms with E-state index in [4.69, 9.17) is 5.84 Å². The number of nitrogens with two attached hydrogens (primary N) is 1. The molecule has 0 saturated heterocycles. The molecule has 3 nitrogen and oxygen atoms in total. The summed E-state index contributed by atoms with van der Waals surface area (Å²) in [5.41, 5.74) is 1.17. The highest BCUT2D eigenvalue weighted by molar-refractivity contribution is 7.16. The standard InChI is InChI=1S/C12H11N3S/c1-15-10-6-8-4-2-3-5-9(8)7-11(10)16-12(15)14-13/h2-7H,13H2,1H3/b14-12-. The number of fused-ring (bicyclic) bond motifs is 2. The number of aromatic nitrogens is 1. The number of thiazole rings is 1. The predicted octanol–water partition coefficient (Wildman–Crippen LogP) is 2.17. The van der Waals surface area contributed by atoms with Crippen LogP contribution in [0.25, 0.3) is 21.0 Å². The van der Waals surface area contributed by atoms with Gasteiger partial charge in [0, 0.05) is 7.05 Å². The van der Waals surface area contributed by atoms with Gasteiger partial charge in [0.05, 0.1) is 10.2 Å². The van der Waals surface area contributed by atoms with Crippen LogP contribution in [-0.2, 0) is 7.05 Å². The highest BCUT2D eigenvalue weighted by Crippen LogP contribution is 2.23. The van der Waals surface area contributed by atoms with Gasteiger partial charge in [-0.3, -0.25) is 0 Å². The largest absolute Gasteiger partial charge is 0.320 e. The first-order valence-corrected chi connectivity index (χ1v) is 5.83. The molecule has 0 amide bonds. The summed E-state index contributed by atoms with van der Waals surface area (Å²) in [7, 11) is 1.99. The third kappa shape index (κ3) is 1.23. The van der Waals surface area contributed by atoms with Gasteiger partial charge >= 0.3 is 0 Å². The number of benzene rings is 2. The predicted molar refractivity (Wildman–Crippen MR) is 68.1 cm³/mol. The number of aryl methyl sites for hydroxylation is 1. The molecule has 16 heavy (non-hydrogen) atoms. The third-order valence-electron chi connectivity index (χ3n) is 2.79. The first kappa shape index (κ1) is 9.42. The Morgan fingerprint density at radius 1 is 1.19 bits per heavy atom. The van der Waals surface area contributed by atoms with Crippen molar-refractivity contribution in [1.82, 2.24) is 4.57 Å². The van der Waals surface area contributed by atoms with Crippen molar-refractivity contribution in [3.05, 3.63) is 41.2 Å². The number of nitrogens with zero attached hydrogens (tertiary/aromatic N) is 2. The van der Waals surface area contributed by atoms with Gasteiger partial charge in [-0.15, -0.1) is 0 Å². The SMILES string of the molecule is Cn1/c(=N/N)sc2cc3ccccc3cc21. The van der Waals surface area contributed by atoms with Gasteiger partial charge < -0.3 is 10.4 Å². The third-order valence-corrected chi connectivity index (χ3v) is 3.90. The fourth-order valence-corrected chi connectivity index (χ4v) is 2.91. The van der Waals surface area contributed by atoms with E-state index in [2.05, 4.69) is 41.5 Å². The van der Waals surface area contributed by atoms with Crippen LogP contribution >= 0.6 is 11.3 Å². The van der Waals surface area contributed by atoms with Crippen LogP contribution in [0.5, 0.6) is 0 Å². The Morgan fingerprint density at radius 3 is 2.56 bits per heavy atom. The Kier molecular flexibility index (Phi) is 1.97. The Morgan fingerprint density at radius 2 is 1.88 bits per heavy atom. The second kappa shape index (κ2) is 3.35. The van der Waals surface area contributed by atoms with Crippen LogP contribution in [0.4, 0.5) is 0 Å². The Hall–Kier alpha value is -1.81. The van der Waals surface area contributed by atoms with E-state index in [1.54, 1.807) is 11.3 Å². The molecule has 2 N–H and O–H groups in total. The lowest BCUT2D eigenvalue weighted by Crippen LogP contribution is -2.12. The molecule has 4 heteroatoms. The minimum Gasteiger partial charge on any atom is -0.320 e. The maximum absolute atomic E-state index is 5.35. The van der Waals surface area contributed by atoms with E-state index in [0.717, 1.165) is 4.80 Å². The zero-order chi connectivity index (χ0) is 11.1. The molecule has 2 aromatic carbocycles. The van der Waals surface area contributed by atoms with Crippen LogP contribution < -0.4 is 10.6 Å². The van der Waals surface area contributed by atoms with E-state index in [1.807, 2.05) is 11.6 Å². The first-order valence-electron chi connectivity index (χ1n) is 5.02. The van der Waals surface area contributed by atoms with Crippen LogP contribution in [0.1, 0.15) is 0 Å². The molecule has 0 aliphatic heterocycles. The lowest BCUT2D eigenvalue weighted by Gasteiger charge is -1.99. The summed E-state index contributed by atoms with van der Waals surface area (Å²) in [6, 6.07) is 12.7. The highest BCUT2D eigenvalue weighted by Gasteiger charge is 2.04. The number of rotatable bonds is 0. The summed E-state index contributed by atoms with van der Waals surface area (Å²) < 4.78 is 3.23. The molecule has 0 atom stereocenters. The summed E-state index contributed by atoms with van der Waals surface area (Å²) in [4.78, 5) is 0.838. The fraction of sp³-hybridized carbons (Fsp3) is 0.0833. The summed E-state index contributed by atoms with van der Waals surface area (Å²) in [5.74, 6) is 5.35. The number of hydrogen-bond acceptors (Lipinski definition) is 3. The van der Waals surface area contributed by atoms with Crippen molar-refractivity contribution in [2.45, 2.75) is 0 Å². The van der Waals surface area contributed by atoms with Crippen molar-refractivity contribution in [1.29, 1.82) is 0 Å². The molecule has 0 spiro atoms. The summed E-state index contributed by atoms with van der Waals surface area (Å²) in [5, 5.41) is 6.27. The van der Waals surface area contributed by atoms with Crippen LogP contribution in [0.2, 0.25) is 0 Å². The molecule has 0 bridgehead atoms. The molecule has 0 aliphatic carbocycles. The van der Waals surface area contributed by atoms with Crippen LogP contribution in [0, 0.1) is 0 Å². The van der Waals surface area contributed by atoms with Gasteiger partial charge in [0.25, 0.3) is 0 Å². The van der Waals surface area contributed by atoms with Gasteiger partial charge in [-0.05, 0) is 22.9 Å². The molecule has 3 rings (SSSR count). The minimum absolute atomic E-state index is 0.838. The van der Waals surface area contributed by atoms with Gasteiger partial charge in [-0.1, -0.05) is 35.6 Å².